The predicted molar refractivity (Wildman–Crippen MR) is 55.0 cm³/mol. The largest absolute Gasteiger partial charge is 0.478 e. The number of aromatic carboxylic acids is 1. The number of H-pyrrole nitrogens is 1. The number of hydrogen-bond acceptors (Lipinski definition) is 1. The van der Waals surface area contributed by atoms with E-state index in [2.05, 4.69) is 4.98 Å². The Morgan fingerprint density at radius 1 is 1.50 bits per heavy atom. The Kier molecular flexibility index (Phi) is 1.97. The summed E-state index contributed by atoms with van der Waals surface area (Å²) in [5.41, 5.74) is 1.90. The van der Waals surface area contributed by atoms with Crippen molar-refractivity contribution < 1.29 is 9.90 Å². The molecule has 0 aliphatic carbocycles. The van der Waals surface area contributed by atoms with Gasteiger partial charge in [-0.25, -0.2) is 4.79 Å². The maximum absolute atomic E-state index is 10.8. The Labute approximate surface area is 85.3 Å². The van der Waals surface area contributed by atoms with E-state index in [1.54, 1.807) is 12.1 Å². The second kappa shape index (κ2) is 3.03. The van der Waals surface area contributed by atoms with Crippen molar-refractivity contribution in [1.82, 2.24) is 4.98 Å². The SMILES string of the molecule is Cc1cc2c(C(=O)O)c[nH]c2cc1Cl. The van der Waals surface area contributed by atoms with Gasteiger partial charge in [0, 0.05) is 22.1 Å². The smallest absolute Gasteiger partial charge is 0.337 e. The summed E-state index contributed by atoms with van der Waals surface area (Å²) >= 11 is 5.91. The zero-order chi connectivity index (χ0) is 10.3. The van der Waals surface area contributed by atoms with Gasteiger partial charge in [0.15, 0.2) is 0 Å². The first-order valence-corrected chi connectivity index (χ1v) is 4.48. The molecule has 0 fully saturated rings. The van der Waals surface area contributed by atoms with Gasteiger partial charge < -0.3 is 10.1 Å². The van der Waals surface area contributed by atoms with Crippen molar-refractivity contribution in [3.05, 3.63) is 34.5 Å². The maximum Gasteiger partial charge on any atom is 0.337 e. The third-order valence-corrected chi connectivity index (χ3v) is 2.60. The summed E-state index contributed by atoms with van der Waals surface area (Å²) in [6.45, 7) is 1.85. The van der Waals surface area contributed by atoms with Crippen LogP contribution < -0.4 is 0 Å². The molecule has 1 aromatic carbocycles. The lowest BCUT2D eigenvalue weighted by atomic mass is 10.1. The van der Waals surface area contributed by atoms with Crippen LogP contribution in [0.25, 0.3) is 10.9 Å². The molecule has 3 nitrogen and oxygen atoms in total. The highest BCUT2D eigenvalue weighted by atomic mass is 35.5. The zero-order valence-electron chi connectivity index (χ0n) is 7.47. The molecule has 72 valence electrons. The highest BCUT2D eigenvalue weighted by Crippen LogP contribution is 2.25. The van der Waals surface area contributed by atoms with E-state index < -0.39 is 5.97 Å². The number of carboxylic acids is 1. The average Bonchev–Trinajstić information content (AvgIpc) is 2.48. The van der Waals surface area contributed by atoms with E-state index in [1.165, 1.54) is 6.20 Å². The predicted octanol–water partition coefficient (Wildman–Crippen LogP) is 2.83. The molecule has 1 heterocycles. The third-order valence-electron chi connectivity index (χ3n) is 2.19. The Morgan fingerprint density at radius 3 is 2.86 bits per heavy atom. The number of hydrogen-bond donors (Lipinski definition) is 2. The molecule has 4 heteroatoms. The molecule has 2 N–H and O–H groups in total. The molecule has 0 bridgehead atoms. The van der Waals surface area contributed by atoms with Crippen LogP contribution in [-0.2, 0) is 0 Å². The van der Waals surface area contributed by atoms with E-state index in [1.807, 2.05) is 6.92 Å². The molecular weight excluding hydrogens is 202 g/mol. The lowest BCUT2D eigenvalue weighted by molar-refractivity contribution is 0.0699. The second-order valence-corrected chi connectivity index (χ2v) is 3.56. The number of benzene rings is 1. The molecule has 0 spiro atoms. The van der Waals surface area contributed by atoms with Crippen LogP contribution in [0.3, 0.4) is 0 Å². The zero-order valence-corrected chi connectivity index (χ0v) is 8.22. The molecule has 0 atom stereocenters. The van der Waals surface area contributed by atoms with E-state index >= 15 is 0 Å². The first kappa shape index (κ1) is 9.09. The van der Waals surface area contributed by atoms with Crippen LogP contribution in [0, 0.1) is 6.92 Å². The third kappa shape index (κ3) is 1.26. The Balaban J connectivity index is 2.80. The summed E-state index contributed by atoms with van der Waals surface area (Å²) in [4.78, 5) is 13.7. The van der Waals surface area contributed by atoms with Gasteiger partial charge in [0.05, 0.1) is 5.56 Å². The van der Waals surface area contributed by atoms with Crippen LogP contribution in [0.1, 0.15) is 15.9 Å². The van der Waals surface area contributed by atoms with Gasteiger partial charge in [-0.05, 0) is 24.6 Å². The molecule has 0 unspecified atom stereocenters. The molecule has 2 rings (SSSR count). The second-order valence-electron chi connectivity index (χ2n) is 3.15. The molecule has 0 aliphatic rings. The Hall–Kier alpha value is -1.48. The number of fused-ring (bicyclic) bond motifs is 1. The number of aromatic amines is 1. The van der Waals surface area contributed by atoms with Crippen LogP contribution in [0.5, 0.6) is 0 Å². The van der Waals surface area contributed by atoms with Gasteiger partial charge in [0.2, 0.25) is 0 Å². The fourth-order valence-electron chi connectivity index (χ4n) is 1.43. The van der Waals surface area contributed by atoms with Crippen molar-refractivity contribution in [3.8, 4) is 0 Å². The number of halogens is 1. The number of carboxylic acid groups (broad SMARTS) is 1. The van der Waals surface area contributed by atoms with Crippen LogP contribution in [0.2, 0.25) is 5.02 Å². The summed E-state index contributed by atoms with van der Waals surface area (Å²) < 4.78 is 0. The summed E-state index contributed by atoms with van der Waals surface area (Å²) in [5.74, 6) is -0.932. The quantitative estimate of drug-likeness (QED) is 0.759. The van der Waals surface area contributed by atoms with Crippen molar-refractivity contribution in [2.24, 2.45) is 0 Å². The van der Waals surface area contributed by atoms with Gasteiger partial charge in [-0.3, -0.25) is 0 Å². The number of aryl methyl sites for hydroxylation is 1. The number of nitrogens with one attached hydrogen (secondary N) is 1. The molecule has 0 radical (unpaired) electrons. The molecule has 0 aliphatic heterocycles. The van der Waals surface area contributed by atoms with Crippen molar-refractivity contribution in [3.63, 3.8) is 0 Å². The first-order valence-electron chi connectivity index (χ1n) is 4.10. The van der Waals surface area contributed by atoms with Crippen molar-refractivity contribution in [2.75, 3.05) is 0 Å². The van der Waals surface area contributed by atoms with Gasteiger partial charge in [-0.1, -0.05) is 11.6 Å². The van der Waals surface area contributed by atoms with Gasteiger partial charge >= 0.3 is 5.97 Å². The summed E-state index contributed by atoms with van der Waals surface area (Å²) in [6.07, 6.45) is 1.47. The fraction of sp³-hybridized carbons (Fsp3) is 0.100. The summed E-state index contributed by atoms with van der Waals surface area (Å²) in [5, 5.41) is 10.2. The molecule has 14 heavy (non-hydrogen) atoms. The van der Waals surface area contributed by atoms with E-state index in [9.17, 15) is 4.79 Å². The van der Waals surface area contributed by atoms with Gasteiger partial charge in [-0.2, -0.15) is 0 Å². The molecular formula is C10H8ClNO2. The van der Waals surface area contributed by atoms with Gasteiger partial charge in [-0.15, -0.1) is 0 Å². The normalized spacial score (nSPS) is 10.7. The lowest BCUT2D eigenvalue weighted by Gasteiger charge is -1.98. The minimum atomic E-state index is -0.932. The summed E-state index contributed by atoms with van der Waals surface area (Å²) in [6, 6.07) is 3.51. The van der Waals surface area contributed by atoms with Crippen LogP contribution in [0.4, 0.5) is 0 Å². The van der Waals surface area contributed by atoms with E-state index in [-0.39, 0.29) is 5.56 Å². The highest BCUT2D eigenvalue weighted by molar-refractivity contribution is 6.32. The maximum atomic E-state index is 10.8. The topological polar surface area (TPSA) is 53.1 Å². The molecule has 0 saturated heterocycles. The molecule has 2 aromatic rings. The monoisotopic (exact) mass is 209 g/mol. The number of carbonyl (C=O) groups is 1. The van der Waals surface area contributed by atoms with E-state index in [4.69, 9.17) is 16.7 Å². The summed E-state index contributed by atoms with van der Waals surface area (Å²) in [7, 11) is 0. The van der Waals surface area contributed by atoms with Crippen LogP contribution >= 0.6 is 11.6 Å². The van der Waals surface area contributed by atoms with Gasteiger partial charge in [0.1, 0.15) is 0 Å². The molecule has 1 aromatic heterocycles. The highest BCUT2D eigenvalue weighted by Gasteiger charge is 2.11. The van der Waals surface area contributed by atoms with Crippen LogP contribution in [-0.4, -0.2) is 16.1 Å². The van der Waals surface area contributed by atoms with Crippen molar-refractivity contribution in [2.45, 2.75) is 6.92 Å². The Morgan fingerprint density at radius 2 is 2.21 bits per heavy atom. The van der Waals surface area contributed by atoms with E-state index in [0.29, 0.717) is 10.4 Å². The van der Waals surface area contributed by atoms with Crippen molar-refractivity contribution in [1.29, 1.82) is 0 Å². The minimum Gasteiger partial charge on any atom is -0.478 e. The Bertz CT molecular complexity index is 516. The number of aromatic nitrogens is 1. The van der Waals surface area contributed by atoms with Gasteiger partial charge in [0.25, 0.3) is 0 Å². The average molecular weight is 210 g/mol. The fourth-order valence-corrected chi connectivity index (χ4v) is 1.59. The molecule has 0 saturated carbocycles. The van der Waals surface area contributed by atoms with Crippen molar-refractivity contribution >= 4 is 28.5 Å². The molecule has 0 amide bonds. The standard InChI is InChI=1S/C10H8ClNO2/c1-5-2-6-7(10(13)14)4-12-9(6)3-8(5)11/h2-4,12H,1H3,(H,13,14). The van der Waals surface area contributed by atoms with Crippen LogP contribution in [0.15, 0.2) is 18.3 Å². The first-order chi connectivity index (χ1) is 6.59. The van der Waals surface area contributed by atoms with E-state index in [0.717, 1.165) is 11.1 Å². The lowest BCUT2D eigenvalue weighted by Crippen LogP contribution is -1.93. The minimum absolute atomic E-state index is 0.278. The number of rotatable bonds is 1.